The highest BCUT2D eigenvalue weighted by atomic mass is 15.0. The van der Waals surface area contributed by atoms with E-state index in [1.54, 1.807) is 12.4 Å². The molecule has 0 spiro atoms. The maximum absolute atomic E-state index is 4.60. The second-order valence-corrected chi connectivity index (χ2v) is 4.74. The Morgan fingerprint density at radius 3 is 3.00 bits per heavy atom. The molecule has 3 aromatic rings. The number of hydrogen-bond acceptors (Lipinski definition) is 4. The zero-order valence-corrected chi connectivity index (χ0v) is 11.5. The third-order valence-electron chi connectivity index (χ3n) is 3.27. The van der Waals surface area contributed by atoms with Gasteiger partial charge >= 0.3 is 0 Å². The molecule has 5 heteroatoms. The van der Waals surface area contributed by atoms with Crippen molar-refractivity contribution in [2.75, 3.05) is 11.9 Å². The summed E-state index contributed by atoms with van der Waals surface area (Å²) in [6, 6.07) is 6.02. The molecule has 1 N–H and O–H groups in total. The van der Waals surface area contributed by atoms with Gasteiger partial charge in [-0.2, -0.15) is 0 Å². The number of nitrogens with zero attached hydrogens (tertiary/aromatic N) is 4. The molecule has 0 bridgehead atoms. The van der Waals surface area contributed by atoms with Gasteiger partial charge in [0.2, 0.25) is 0 Å². The zero-order chi connectivity index (χ0) is 13.8. The normalized spacial score (nSPS) is 10.8. The Kier molecular flexibility index (Phi) is 3.58. The average molecular weight is 267 g/mol. The van der Waals surface area contributed by atoms with E-state index in [9.17, 15) is 0 Å². The summed E-state index contributed by atoms with van der Waals surface area (Å²) in [6.45, 7) is 3.85. The van der Waals surface area contributed by atoms with Crippen molar-refractivity contribution >= 4 is 16.7 Å². The lowest BCUT2D eigenvalue weighted by Crippen LogP contribution is -2.07. The highest BCUT2D eigenvalue weighted by Crippen LogP contribution is 2.16. The van der Waals surface area contributed by atoms with Crippen molar-refractivity contribution in [2.24, 2.45) is 0 Å². The molecule has 0 saturated heterocycles. The van der Waals surface area contributed by atoms with Crippen molar-refractivity contribution in [2.45, 2.75) is 19.9 Å². The van der Waals surface area contributed by atoms with Crippen LogP contribution in [0, 0.1) is 6.92 Å². The van der Waals surface area contributed by atoms with Crippen LogP contribution in [0.2, 0.25) is 0 Å². The monoisotopic (exact) mass is 267 g/mol. The van der Waals surface area contributed by atoms with Crippen molar-refractivity contribution in [1.82, 2.24) is 19.5 Å². The van der Waals surface area contributed by atoms with Crippen molar-refractivity contribution in [3.63, 3.8) is 0 Å². The van der Waals surface area contributed by atoms with Gasteiger partial charge < -0.3 is 9.88 Å². The van der Waals surface area contributed by atoms with Gasteiger partial charge in [-0.15, -0.1) is 0 Å². The molecule has 0 radical (unpaired) electrons. The molecule has 0 unspecified atom stereocenters. The van der Waals surface area contributed by atoms with Crippen LogP contribution in [0.15, 0.2) is 43.1 Å². The van der Waals surface area contributed by atoms with Crippen molar-refractivity contribution in [1.29, 1.82) is 0 Å². The second-order valence-electron chi connectivity index (χ2n) is 4.74. The maximum Gasteiger partial charge on any atom is 0.126 e. The Balaban J connectivity index is 1.60. The van der Waals surface area contributed by atoms with Gasteiger partial charge in [0.05, 0.1) is 11.8 Å². The van der Waals surface area contributed by atoms with Crippen molar-refractivity contribution in [3.8, 4) is 0 Å². The third kappa shape index (κ3) is 2.77. The summed E-state index contributed by atoms with van der Waals surface area (Å²) < 4.78 is 2.07. The maximum atomic E-state index is 4.60. The topological polar surface area (TPSA) is 55.6 Å². The van der Waals surface area contributed by atoms with Gasteiger partial charge in [-0.1, -0.05) is 0 Å². The molecule has 0 aliphatic rings. The van der Waals surface area contributed by atoms with Gasteiger partial charge in [0, 0.05) is 42.8 Å². The van der Waals surface area contributed by atoms with E-state index in [4.69, 9.17) is 0 Å². The molecule has 0 aromatic carbocycles. The van der Waals surface area contributed by atoms with E-state index < -0.39 is 0 Å². The molecule has 3 aromatic heterocycles. The lowest BCUT2D eigenvalue weighted by Gasteiger charge is -2.07. The molecule has 0 aliphatic heterocycles. The van der Waals surface area contributed by atoms with Crippen molar-refractivity contribution in [3.05, 3.63) is 48.8 Å². The lowest BCUT2D eigenvalue weighted by molar-refractivity contribution is 0.660. The second kappa shape index (κ2) is 5.69. The fraction of sp³-hybridized carbons (Fsp3) is 0.267. The predicted molar refractivity (Wildman–Crippen MR) is 79.6 cm³/mol. The van der Waals surface area contributed by atoms with E-state index in [-0.39, 0.29) is 0 Å². The molecular formula is C15H17N5. The predicted octanol–water partition coefficient (Wildman–Crippen LogP) is 2.64. The summed E-state index contributed by atoms with van der Waals surface area (Å²) in [5.74, 6) is 0.911. The molecule has 3 rings (SSSR count). The Bertz CT molecular complexity index is 691. The highest BCUT2D eigenvalue weighted by Gasteiger charge is 2.01. The van der Waals surface area contributed by atoms with Crippen LogP contribution in [0.4, 0.5) is 5.82 Å². The minimum Gasteiger partial charge on any atom is -0.370 e. The van der Waals surface area contributed by atoms with E-state index in [0.29, 0.717) is 0 Å². The van der Waals surface area contributed by atoms with E-state index in [0.717, 1.165) is 41.9 Å². The molecule has 20 heavy (non-hydrogen) atoms. The number of aromatic nitrogens is 4. The van der Waals surface area contributed by atoms with Crippen LogP contribution < -0.4 is 5.32 Å². The molecule has 102 valence electrons. The van der Waals surface area contributed by atoms with Gasteiger partial charge in [0.25, 0.3) is 0 Å². The minimum atomic E-state index is 0.890. The summed E-state index contributed by atoms with van der Waals surface area (Å²) in [5.41, 5.74) is 2.00. The van der Waals surface area contributed by atoms with Gasteiger partial charge in [-0.3, -0.25) is 4.98 Å². The van der Waals surface area contributed by atoms with Crippen LogP contribution in [0.3, 0.4) is 0 Å². The first-order valence-electron chi connectivity index (χ1n) is 6.75. The number of aryl methyl sites for hydroxylation is 2. The molecular weight excluding hydrogens is 250 g/mol. The summed E-state index contributed by atoms with van der Waals surface area (Å²) >= 11 is 0. The molecule has 3 heterocycles. The van der Waals surface area contributed by atoms with Gasteiger partial charge in [0.15, 0.2) is 0 Å². The van der Waals surface area contributed by atoms with E-state index >= 15 is 0 Å². The number of fused-ring (bicyclic) bond motifs is 1. The van der Waals surface area contributed by atoms with E-state index in [1.165, 1.54) is 0 Å². The van der Waals surface area contributed by atoms with Crippen LogP contribution in [-0.2, 0) is 6.54 Å². The Hall–Kier alpha value is -2.43. The molecule has 0 saturated carbocycles. The van der Waals surface area contributed by atoms with Crippen LogP contribution in [0.5, 0.6) is 0 Å². The Labute approximate surface area is 117 Å². The van der Waals surface area contributed by atoms with Gasteiger partial charge in [0.1, 0.15) is 5.82 Å². The quantitative estimate of drug-likeness (QED) is 0.722. The molecule has 5 nitrogen and oxygen atoms in total. The fourth-order valence-corrected chi connectivity index (χ4v) is 2.19. The largest absolute Gasteiger partial charge is 0.370 e. The smallest absolute Gasteiger partial charge is 0.126 e. The first-order chi connectivity index (χ1) is 9.83. The van der Waals surface area contributed by atoms with Crippen LogP contribution in [0.1, 0.15) is 12.1 Å². The number of pyridine rings is 2. The van der Waals surface area contributed by atoms with E-state index in [2.05, 4.69) is 30.9 Å². The fourth-order valence-electron chi connectivity index (χ4n) is 2.19. The van der Waals surface area contributed by atoms with Crippen LogP contribution in [0.25, 0.3) is 10.9 Å². The standard InChI is InChI=1S/C15H17N5/c1-12-13-3-4-15(19-14(13)5-7-17-12)18-6-2-9-20-10-8-16-11-20/h3-5,7-8,10-11H,2,6,9H2,1H3,(H,18,19). The third-order valence-corrected chi connectivity index (χ3v) is 3.27. The van der Waals surface area contributed by atoms with Crippen molar-refractivity contribution < 1.29 is 0 Å². The number of imidazole rings is 1. The number of rotatable bonds is 5. The summed E-state index contributed by atoms with van der Waals surface area (Å²) in [7, 11) is 0. The number of anilines is 1. The average Bonchev–Trinajstić information content (AvgIpc) is 2.97. The van der Waals surface area contributed by atoms with Gasteiger partial charge in [-0.05, 0) is 31.5 Å². The zero-order valence-electron chi connectivity index (χ0n) is 11.5. The van der Waals surface area contributed by atoms with Crippen LogP contribution in [-0.4, -0.2) is 26.1 Å². The SMILES string of the molecule is Cc1nccc2nc(NCCCn3ccnc3)ccc12. The molecule has 0 fully saturated rings. The van der Waals surface area contributed by atoms with Crippen LogP contribution >= 0.6 is 0 Å². The Morgan fingerprint density at radius 1 is 1.20 bits per heavy atom. The van der Waals surface area contributed by atoms with E-state index in [1.807, 2.05) is 31.6 Å². The first-order valence-corrected chi connectivity index (χ1v) is 6.75. The summed E-state index contributed by atoms with van der Waals surface area (Å²) in [5, 5.41) is 4.46. The lowest BCUT2D eigenvalue weighted by atomic mass is 10.2. The highest BCUT2D eigenvalue weighted by molar-refractivity contribution is 5.81. The summed E-state index contributed by atoms with van der Waals surface area (Å²) in [6.07, 6.45) is 8.45. The first kappa shape index (κ1) is 12.6. The molecule has 0 amide bonds. The minimum absolute atomic E-state index is 0.890. The Morgan fingerprint density at radius 2 is 2.15 bits per heavy atom. The number of nitrogens with one attached hydrogen (secondary N) is 1. The molecule has 0 atom stereocenters. The molecule has 0 aliphatic carbocycles. The number of hydrogen-bond donors (Lipinski definition) is 1. The van der Waals surface area contributed by atoms with Gasteiger partial charge in [-0.25, -0.2) is 9.97 Å². The summed E-state index contributed by atoms with van der Waals surface area (Å²) in [4.78, 5) is 12.9.